The van der Waals surface area contributed by atoms with E-state index in [1.807, 2.05) is 32.0 Å². The molecule has 5 nitrogen and oxygen atoms in total. The zero-order valence-corrected chi connectivity index (χ0v) is 11.5. The topological polar surface area (TPSA) is 64.6 Å². The molecule has 0 aliphatic heterocycles. The molecule has 0 atom stereocenters. The minimum absolute atomic E-state index is 0.121. The first-order valence-electron chi connectivity index (χ1n) is 6.15. The molecule has 0 aliphatic rings. The van der Waals surface area contributed by atoms with Gasteiger partial charge in [-0.3, -0.25) is 9.59 Å². The summed E-state index contributed by atoms with van der Waals surface area (Å²) in [6.45, 7) is 5.61. The van der Waals surface area contributed by atoms with E-state index in [2.05, 4.69) is 5.32 Å². The molecule has 0 saturated carbocycles. The van der Waals surface area contributed by atoms with Crippen LogP contribution in [0.25, 0.3) is 0 Å². The SMILES string of the molecule is CCOC(=O)CNC(=O)COc1cc(C)ccc1C. The lowest BCUT2D eigenvalue weighted by atomic mass is 10.1. The number of esters is 1. The average molecular weight is 265 g/mol. The van der Waals surface area contributed by atoms with E-state index in [0.717, 1.165) is 11.1 Å². The summed E-state index contributed by atoms with van der Waals surface area (Å²) >= 11 is 0. The second-order valence-corrected chi connectivity index (χ2v) is 4.14. The first kappa shape index (κ1) is 15.0. The Morgan fingerprint density at radius 3 is 2.68 bits per heavy atom. The van der Waals surface area contributed by atoms with Crippen LogP contribution in [0.4, 0.5) is 0 Å². The number of benzene rings is 1. The smallest absolute Gasteiger partial charge is 0.325 e. The molecule has 1 aromatic rings. The van der Waals surface area contributed by atoms with Crippen LogP contribution in [0.15, 0.2) is 18.2 Å². The van der Waals surface area contributed by atoms with E-state index >= 15 is 0 Å². The van der Waals surface area contributed by atoms with Crippen LogP contribution < -0.4 is 10.1 Å². The Kier molecular flexibility index (Phi) is 5.85. The molecule has 0 saturated heterocycles. The van der Waals surface area contributed by atoms with E-state index in [1.165, 1.54) is 0 Å². The fourth-order valence-electron chi connectivity index (χ4n) is 1.44. The summed E-state index contributed by atoms with van der Waals surface area (Å²) in [7, 11) is 0. The molecular formula is C14H19NO4. The van der Waals surface area contributed by atoms with Crippen LogP contribution in [-0.2, 0) is 14.3 Å². The number of hydrogen-bond donors (Lipinski definition) is 1. The minimum Gasteiger partial charge on any atom is -0.483 e. The zero-order valence-electron chi connectivity index (χ0n) is 11.5. The highest BCUT2D eigenvalue weighted by atomic mass is 16.5. The highest BCUT2D eigenvalue weighted by molar-refractivity contribution is 5.82. The van der Waals surface area contributed by atoms with Crippen molar-refractivity contribution >= 4 is 11.9 Å². The van der Waals surface area contributed by atoms with Crippen molar-refractivity contribution < 1.29 is 19.1 Å². The molecule has 0 fully saturated rings. The molecule has 19 heavy (non-hydrogen) atoms. The van der Waals surface area contributed by atoms with Crippen molar-refractivity contribution in [3.05, 3.63) is 29.3 Å². The van der Waals surface area contributed by atoms with Gasteiger partial charge in [-0.15, -0.1) is 0 Å². The number of hydrogen-bond acceptors (Lipinski definition) is 4. The highest BCUT2D eigenvalue weighted by Crippen LogP contribution is 2.18. The largest absolute Gasteiger partial charge is 0.483 e. The Bertz CT molecular complexity index is 457. The van der Waals surface area contributed by atoms with Gasteiger partial charge in [0, 0.05) is 0 Å². The monoisotopic (exact) mass is 265 g/mol. The van der Waals surface area contributed by atoms with E-state index in [0.29, 0.717) is 12.4 Å². The van der Waals surface area contributed by atoms with Gasteiger partial charge in [-0.25, -0.2) is 0 Å². The van der Waals surface area contributed by atoms with Gasteiger partial charge in [-0.2, -0.15) is 0 Å². The number of carbonyl (C=O) groups excluding carboxylic acids is 2. The van der Waals surface area contributed by atoms with Crippen molar-refractivity contribution in [2.75, 3.05) is 19.8 Å². The molecule has 0 radical (unpaired) electrons. The van der Waals surface area contributed by atoms with Crippen LogP contribution in [0.2, 0.25) is 0 Å². The molecule has 0 aliphatic carbocycles. The van der Waals surface area contributed by atoms with Crippen molar-refractivity contribution in [3.8, 4) is 5.75 Å². The first-order chi connectivity index (χ1) is 9.02. The standard InChI is InChI=1S/C14H19NO4/c1-4-18-14(17)8-15-13(16)9-19-12-7-10(2)5-6-11(12)3/h5-7H,4,8-9H2,1-3H3,(H,15,16). The number of ether oxygens (including phenoxy) is 2. The van der Waals surface area contributed by atoms with Gasteiger partial charge in [0.1, 0.15) is 12.3 Å². The van der Waals surface area contributed by atoms with E-state index in [9.17, 15) is 9.59 Å². The Hall–Kier alpha value is -2.04. The summed E-state index contributed by atoms with van der Waals surface area (Å²) in [4.78, 5) is 22.5. The molecule has 0 aromatic heterocycles. The van der Waals surface area contributed by atoms with Crippen LogP contribution in [0.5, 0.6) is 5.75 Å². The molecule has 1 rings (SSSR count). The second kappa shape index (κ2) is 7.41. The van der Waals surface area contributed by atoms with Gasteiger partial charge in [-0.05, 0) is 38.0 Å². The molecule has 104 valence electrons. The quantitative estimate of drug-likeness (QED) is 0.789. The van der Waals surface area contributed by atoms with Crippen LogP contribution in [0.3, 0.4) is 0 Å². The summed E-state index contributed by atoms with van der Waals surface area (Å²) < 4.78 is 10.1. The summed E-state index contributed by atoms with van der Waals surface area (Å²) in [6, 6.07) is 5.78. The van der Waals surface area contributed by atoms with Crippen LogP contribution in [0, 0.1) is 13.8 Å². The maximum Gasteiger partial charge on any atom is 0.325 e. The van der Waals surface area contributed by atoms with E-state index in [-0.39, 0.29) is 19.1 Å². The second-order valence-electron chi connectivity index (χ2n) is 4.14. The molecule has 1 N–H and O–H groups in total. The minimum atomic E-state index is -0.456. The van der Waals surface area contributed by atoms with E-state index in [1.54, 1.807) is 6.92 Å². The van der Waals surface area contributed by atoms with Crippen molar-refractivity contribution in [1.29, 1.82) is 0 Å². The number of amides is 1. The molecule has 1 aromatic carbocycles. The van der Waals surface area contributed by atoms with Gasteiger partial charge in [0.15, 0.2) is 6.61 Å². The summed E-state index contributed by atoms with van der Waals surface area (Å²) in [6.07, 6.45) is 0. The van der Waals surface area contributed by atoms with Gasteiger partial charge >= 0.3 is 5.97 Å². The maximum atomic E-state index is 11.5. The first-order valence-corrected chi connectivity index (χ1v) is 6.15. The van der Waals surface area contributed by atoms with Gasteiger partial charge in [-0.1, -0.05) is 12.1 Å². The number of nitrogens with one attached hydrogen (secondary N) is 1. The Balaban J connectivity index is 2.38. The molecular weight excluding hydrogens is 246 g/mol. The zero-order chi connectivity index (χ0) is 14.3. The lowest BCUT2D eigenvalue weighted by Gasteiger charge is -2.10. The fourth-order valence-corrected chi connectivity index (χ4v) is 1.44. The number of rotatable bonds is 6. The predicted molar refractivity (Wildman–Crippen MR) is 71.1 cm³/mol. The third kappa shape index (κ3) is 5.42. The van der Waals surface area contributed by atoms with Crippen LogP contribution in [0.1, 0.15) is 18.1 Å². The van der Waals surface area contributed by atoms with Crippen molar-refractivity contribution in [2.24, 2.45) is 0 Å². The van der Waals surface area contributed by atoms with Crippen molar-refractivity contribution in [3.63, 3.8) is 0 Å². The Labute approximate surface area is 112 Å². The summed E-state index contributed by atoms with van der Waals surface area (Å²) in [5.41, 5.74) is 2.02. The van der Waals surface area contributed by atoms with Gasteiger partial charge < -0.3 is 14.8 Å². The summed E-state index contributed by atoms with van der Waals surface area (Å²) in [5, 5.41) is 2.43. The van der Waals surface area contributed by atoms with Gasteiger partial charge in [0.05, 0.1) is 6.61 Å². The Morgan fingerprint density at radius 2 is 2.00 bits per heavy atom. The fraction of sp³-hybridized carbons (Fsp3) is 0.429. The predicted octanol–water partition coefficient (Wildman–Crippen LogP) is 1.36. The van der Waals surface area contributed by atoms with Gasteiger partial charge in [0.25, 0.3) is 5.91 Å². The molecule has 0 bridgehead atoms. The molecule has 1 amide bonds. The Morgan fingerprint density at radius 1 is 1.26 bits per heavy atom. The summed E-state index contributed by atoms with van der Waals surface area (Å²) in [5.74, 6) is -0.136. The number of carbonyl (C=O) groups is 2. The maximum absolute atomic E-state index is 11.5. The van der Waals surface area contributed by atoms with Crippen LogP contribution >= 0.6 is 0 Å². The molecule has 0 heterocycles. The molecule has 0 spiro atoms. The third-order valence-corrected chi connectivity index (χ3v) is 2.44. The van der Waals surface area contributed by atoms with Gasteiger partial charge in [0.2, 0.25) is 0 Å². The van der Waals surface area contributed by atoms with Crippen LogP contribution in [-0.4, -0.2) is 31.6 Å². The molecule has 5 heteroatoms. The van der Waals surface area contributed by atoms with Crippen molar-refractivity contribution in [2.45, 2.75) is 20.8 Å². The van der Waals surface area contributed by atoms with E-state index < -0.39 is 5.97 Å². The average Bonchev–Trinajstić information content (AvgIpc) is 2.38. The molecule has 0 unspecified atom stereocenters. The highest BCUT2D eigenvalue weighted by Gasteiger charge is 2.07. The van der Waals surface area contributed by atoms with Crippen molar-refractivity contribution in [1.82, 2.24) is 5.32 Å². The number of aryl methyl sites for hydroxylation is 2. The van der Waals surface area contributed by atoms with E-state index in [4.69, 9.17) is 9.47 Å². The lowest BCUT2D eigenvalue weighted by Crippen LogP contribution is -2.34. The normalized spacial score (nSPS) is 9.84. The lowest BCUT2D eigenvalue weighted by molar-refractivity contribution is -0.143. The third-order valence-electron chi connectivity index (χ3n) is 2.44.